The SMILES string of the molecule is COc1nc(N)c(Cl)cc1C(=O)OC(C)N1CCCCC1. The second kappa shape index (κ2) is 6.95. The Kier molecular flexibility index (Phi) is 5.25. The molecule has 1 aromatic heterocycles. The fourth-order valence-electron chi connectivity index (χ4n) is 2.36. The summed E-state index contributed by atoms with van der Waals surface area (Å²) >= 11 is 5.91. The summed E-state index contributed by atoms with van der Waals surface area (Å²) in [5.41, 5.74) is 5.78. The van der Waals surface area contributed by atoms with E-state index in [9.17, 15) is 4.79 Å². The first-order valence-corrected chi connectivity index (χ1v) is 7.35. The maximum Gasteiger partial charge on any atom is 0.345 e. The quantitative estimate of drug-likeness (QED) is 0.860. The number of nitrogens with two attached hydrogens (primary N) is 1. The molecule has 0 spiro atoms. The van der Waals surface area contributed by atoms with Crippen LogP contribution in [0.5, 0.6) is 5.88 Å². The number of aromatic nitrogens is 1. The summed E-state index contributed by atoms with van der Waals surface area (Å²) in [5, 5.41) is 0.202. The summed E-state index contributed by atoms with van der Waals surface area (Å²) in [6, 6.07) is 1.42. The number of nitrogens with zero attached hydrogens (tertiary/aromatic N) is 2. The largest absolute Gasteiger partial charge is 0.480 e. The van der Waals surface area contributed by atoms with Gasteiger partial charge in [0.2, 0.25) is 5.88 Å². The zero-order valence-corrected chi connectivity index (χ0v) is 13.0. The molecule has 1 aromatic rings. The smallest absolute Gasteiger partial charge is 0.345 e. The maximum atomic E-state index is 12.3. The van der Waals surface area contributed by atoms with Crippen LogP contribution in [-0.4, -0.2) is 42.3 Å². The van der Waals surface area contributed by atoms with Gasteiger partial charge in [-0.15, -0.1) is 0 Å². The summed E-state index contributed by atoms with van der Waals surface area (Å²) in [4.78, 5) is 18.4. The Bertz CT molecular complexity index is 518. The number of hydrogen-bond donors (Lipinski definition) is 1. The Balaban J connectivity index is 2.10. The molecule has 0 amide bonds. The molecule has 0 aliphatic carbocycles. The van der Waals surface area contributed by atoms with Crippen molar-refractivity contribution in [3.63, 3.8) is 0 Å². The molecule has 1 aliphatic heterocycles. The van der Waals surface area contributed by atoms with Gasteiger partial charge < -0.3 is 15.2 Å². The van der Waals surface area contributed by atoms with Crippen LogP contribution in [0.4, 0.5) is 5.82 Å². The highest BCUT2D eigenvalue weighted by molar-refractivity contribution is 6.33. The van der Waals surface area contributed by atoms with E-state index in [1.165, 1.54) is 19.6 Å². The predicted octanol–water partition coefficient (Wildman–Crippen LogP) is 2.31. The fraction of sp³-hybridized carbons (Fsp3) is 0.571. The third-order valence-corrected chi connectivity index (χ3v) is 3.87. The normalized spacial score (nSPS) is 17.3. The number of piperidine rings is 1. The summed E-state index contributed by atoms with van der Waals surface area (Å²) in [7, 11) is 1.42. The molecule has 0 radical (unpaired) electrons. The average Bonchev–Trinajstić information content (AvgIpc) is 2.50. The van der Waals surface area contributed by atoms with E-state index in [0.29, 0.717) is 0 Å². The second-order valence-corrected chi connectivity index (χ2v) is 5.42. The molecule has 1 aliphatic rings. The summed E-state index contributed by atoms with van der Waals surface area (Å²) in [6.07, 6.45) is 3.18. The highest BCUT2D eigenvalue weighted by Gasteiger charge is 2.24. The average molecular weight is 314 g/mol. The van der Waals surface area contributed by atoms with Crippen LogP contribution in [0.1, 0.15) is 36.5 Å². The van der Waals surface area contributed by atoms with Crippen molar-refractivity contribution in [3.8, 4) is 5.88 Å². The Labute approximate surface area is 129 Å². The zero-order valence-electron chi connectivity index (χ0n) is 12.3. The van der Waals surface area contributed by atoms with E-state index in [4.69, 9.17) is 26.8 Å². The molecular weight excluding hydrogens is 294 g/mol. The minimum Gasteiger partial charge on any atom is -0.480 e. The number of nitrogen functional groups attached to an aromatic ring is 1. The van der Waals surface area contributed by atoms with Crippen molar-refractivity contribution in [1.29, 1.82) is 0 Å². The van der Waals surface area contributed by atoms with Crippen LogP contribution in [0, 0.1) is 0 Å². The number of halogens is 1. The number of rotatable bonds is 4. The minimum absolute atomic E-state index is 0.118. The first-order chi connectivity index (χ1) is 10.0. The lowest BCUT2D eigenvalue weighted by Crippen LogP contribution is -2.40. The van der Waals surface area contributed by atoms with Crippen molar-refractivity contribution in [1.82, 2.24) is 9.88 Å². The number of pyridine rings is 1. The van der Waals surface area contributed by atoms with Gasteiger partial charge in [0.05, 0.1) is 12.1 Å². The predicted molar refractivity (Wildman–Crippen MR) is 80.5 cm³/mol. The second-order valence-electron chi connectivity index (χ2n) is 5.01. The number of ether oxygens (including phenoxy) is 2. The Hall–Kier alpha value is -1.53. The van der Waals surface area contributed by atoms with Crippen molar-refractivity contribution >= 4 is 23.4 Å². The van der Waals surface area contributed by atoms with Crippen LogP contribution in [0.25, 0.3) is 0 Å². The summed E-state index contributed by atoms with van der Waals surface area (Å²) in [6.45, 7) is 3.74. The first kappa shape index (κ1) is 15.9. The third-order valence-electron chi connectivity index (χ3n) is 3.56. The molecule has 2 rings (SSSR count). The molecule has 0 aromatic carbocycles. The molecule has 2 heterocycles. The van der Waals surface area contributed by atoms with E-state index in [1.807, 2.05) is 6.92 Å². The van der Waals surface area contributed by atoms with E-state index in [0.717, 1.165) is 25.9 Å². The van der Waals surface area contributed by atoms with E-state index in [1.54, 1.807) is 0 Å². The van der Waals surface area contributed by atoms with E-state index in [-0.39, 0.29) is 28.5 Å². The molecule has 21 heavy (non-hydrogen) atoms. The topological polar surface area (TPSA) is 77.7 Å². The molecule has 1 unspecified atom stereocenters. The molecule has 6 nitrogen and oxygen atoms in total. The highest BCUT2D eigenvalue weighted by Crippen LogP contribution is 2.26. The van der Waals surface area contributed by atoms with E-state index < -0.39 is 5.97 Å². The van der Waals surface area contributed by atoms with E-state index in [2.05, 4.69) is 9.88 Å². The van der Waals surface area contributed by atoms with Crippen LogP contribution in [-0.2, 0) is 4.74 Å². The van der Waals surface area contributed by atoms with Gasteiger partial charge in [0.1, 0.15) is 11.4 Å². The number of carbonyl (C=O) groups is 1. The standard InChI is InChI=1S/C14H20ClN3O3/c1-9(18-6-4-3-5-7-18)21-14(19)10-8-11(15)12(16)17-13(10)20-2/h8-9H,3-7H2,1-2H3,(H2,16,17). The minimum atomic E-state index is -0.515. The number of anilines is 1. The fourth-order valence-corrected chi connectivity index (χ4v) is 2.51. The van der Waals surface area contributed by atoms with Crippen molar-refractivity contribution in [2.45, 2.75) is 32.4 Å². The van der Waals surface area contributed by atoms with Crippen molar-refractivity contribution in [2.75, 3.05) is 25.9 Å². The molecule has 0 bridgehead atoms. The number of hydrogen-bond acceptors (Lipinski definition) is 6. The first-order valence-electron chi connectivity index (χ1n) is 6.98. The Morgan fingerprint density at radius 3 is 2.71 bits per heavy atom. The Morgan fingerprint density at radius 1 is 1.43 bits per heavy atom. The highest BCUT2D eigenvalue weighted by atomic mass is 35.5. The number of methoxy groups -OCH3 is 1. The van der Waals surface area contributed by atoms with Gasteiger partial charge in [-0.2, -0.15) is 4.98 Å². The van der Waals surface area contributed by atoms with Gasteiger partial charge in [0.25, 0.3) is 0 Å². The molecule has 0 saturated carbocycles. The van der Waals surface area contributed by atoms with Gasteiger partial charge in [-0.05, 0) is 25.8 Å². The van der Waals surface area contributed by atoms with Gasteiger partial charge in [0.15, 0.2) is 6.23 Å². The maximum absolute atomic E-state index is 12.3. The summed E-state index contributed by atoms with van der Waals surface area (Å²) < 4.78 is 10.5. The van der Waals surface area contributed by atoms with Crippen molar-refractivity contribution in [2.24, 2.45) is 0 Å². The Morgan fingerprint density at radius 2 is 2.10 bits per heavy atom. The lowest BCUT2D eigenvalue weighted by Gasteiger charge is -2.31. The number of esters is 1. The monoisotopic (exact) mass is 313 g/mol. The molecular formula is C14H20ClN3O3. The van der Waals surface area contributed by atoms with Crippen molar-refractivity contribution in [3.05, 3.63) is 16.7 Å². The van der Waals surface area contributed by atoms with Crippen LogP contribution in [0.3, 0.4) is 0 Å². The molecule has 1 saturated heterocycles. The zero-order chi connectivity index (χ0) is 15.4. The summed E-state index contributed by atoms with van der Waals surface area (Å²) in [5.74, 6) is -0.277. The van der Waals surface area contributed by atoms with Gasteiger partial charge in [-0.3, -0.25) is 4.90 Å². The van der Waals surface area contributed by atoms with E-state index >= 15 is 0 Å². The van der Waals surface area contributed by atoms with Gasteiger partial charge in [0, 0.05) is 13.1 Å². The number of likely N-dealkylation sites (tertiary alicyclic amines) is 1. The molecule has 1 atom stereocenters. The van der Waals surface area contributed by atoms with Crippen LogP contribution >= 0.6 is 11.6 Å². The van der Waals surface area contributed by atoms with Crippen molar-refractivity contribution < 1.29 is 14.3 Å². The van der Waals surface area contributed by atoms with Gasteiger partial charge in [-0.1, -0.05) is 18.0 Å². The van der Waals surface area contributed by atoms with Gasteiger partial charge >= 0.3 is 5.97 Å². The molecule has 2 N–H and O–H groups in total. The lowest BCUT2D eigenvalue weighted by atomic mass is 10.1. The molecule has 116 valence electrons. The molecule has 1 fully saturated rings. The van der Waals surface area contributed by atoms with Gasteiger partial charge in [-0.25, -0.2) is 4.79 Å². The van der Waals surface area contributed by atoms with Crippen LogP contribution < -0.4 is 10.5 Å². The lowest BCUT2D eigenvalue weighted by molar-refractivity contribution is -0.0300. The van der Waals surface area contributed by atoms with Crippen LogP contribution in [0.15, 0.2) is 6.07 Å². The number of carbonyl (C=O) groups excluding carboxylic acids is 1. The van der Waals surface area contributed by atoms with Crippen LogP contribution in [0.2, 0.25) is 5.02 Å². The molecule has 7 heteroatoms. The third kappa shape index (κ3) is 3.77.